The van der Waals surface area contributed by atoms with E-state index in [0.29, 0.717) is 28.3 Å². The predicted octanol–water partition coefficient (Wildman–Crippen LogP) is 1.40. The molecule has 0 aliphatic carbocycles. The normalized spacial score (nSPS) is 15.4. The highest BCUT2D eigenvalue weighted by Gasteiger charge is 2.30. The largest absolute Gasteiger partial charge is 0.497 e. The second kappa shape index (κ2) is 4.93. The molecule has 0 spiro atoms. The molecule has 0 fully saturated rings. The second-order valence-electron chi connectivity index (χ2n) is 4.46. The van der Waals surface area contributed by atoms with Crippen molar-refractivity contribution in [3.8, 4) is 22.8 Å². The van der Waals surface area contributed by atoms with Crippen LogP contribution in [0.4, 0.5) is 0 Å². The van der Waals surface area contributed by atoms with Crippen molar-refractivity contribution in [2.75, 3.05) is 7.11 Å². The molecule has 1 unspecified atom stereocenters. The van der Waals surface area contributed by atoms with Crippen LogP contribution in [0.2, 0.25) is 0 Å². The van der Waals surface area contributed by atoms with Gasteiger partial charge in [0.25, 0.3) is 11.8 Å². The number of carbonyl (C=O) groups is 1. The molecule has 0 amide bonds. The molecule has 108 valence electrons. The van der Waals surface area contributed by atoms with Gasteiger partial charge >= 0.3 is 5.97 Å². The molecule has 1 atom stereocenters. The number of aromatic nitrogens is 2. The van der Waals surface area contributed by atoms with Gasteiger partial charge in [-0.25, -0.2) is 5.10 Å². The third-order valence-electron chi connectivity index (χ3n) is 3.04. The van der Waals surface area contributed by atoms with Crippen molar-refractivity contribution in [1.82, 2.24) is 10.2 Å². The van der Waals surface area contributed by atoms with Gasteiger partial charge in [-0.15, -0.1) is 0 Å². The van der Waals surface area contributed by atoms with E-state index in [1.807, 2.05) is 0 Å². The average Bonchev–Trinajstić information content (AvgIpc) is 2.46. The summed E-state index contributed by atoms with van der Waals surface area (Å²) in [4.78, 5) is 22.7. The van der Waals surface area contributed by atoms with Crippen LogP contribution in [0.1, 0.15) is 18.8 Å². The van der Waals surface area contributed by atoms with Gasteiger partial charge in [-0.1, -0.05) is 0 Å². The van der Waals surface area contributed by atoms with Gasteiger partial charge in [0.2, 0.25) is 0 Å². The summed E-state index contributed by atoms with van der Waals surface area (Å²) in [6.07, 6.45) is -0.992. The van der Waals surface area contributed by atoms with Crippen molar-refractivity contribution in [2.45, 2.75) is 13.2 Å². The van der Waals surface area contributed by atoms with Crippen LogP contribution < -0.4 is 15.0 Å². The van der Waals surface area contributed by atoms with Crippen molar-refractivity contribution >= 4 is 5.97 Å². The molecule has 7 nitrogen and oxygen atoms in total. The lowest BCUT2D eigenvalue weighted by atomic mass is 10.0. The number of fused-ring (bicyclic) bond motifs is 3. The molecule has 0 saturated carbocycles. The van der Waals surface area contributed by atoms with Gasteiger partial charge in [0.15, 0.2) is 0 Å². The zero-order chi connectivity index (χ0) is 15.0. The summed E-state index contributed by atoms with van der Waals surface area (Å²) >= 11 is 0. The Bertz CT molecular complexity index is 768. The maximum atomic E-state index is 11.5. The van der Waals surface area contributed by atoms with Crippen molar-refractivity contribution in [3.05, 3.63) is 40.2 Å². The summed E-state index contributed by atoms with van der Waals surface area (Å²) in [6.45, 7) is 1.27. The second-order valence-corrected chi connectivity index (χ2v) is 4.46. The molecule has 2 aromatic rings. The van der Waals surface area contributed by atoms with Crippen molar-refractivity contribution in [3.63, 3.8) is 0 Å². The number of rotatable bonds is 2. The molecule has 2 heterocycles. The molecular formula is C14H12N2O5. The minimum atomic E-state index is -0.992. The van der Waals surface area contributed by atoms with Gasteiger partial charge in [0.1, 0.15) is 17.2 Å². The quantitative estimate of drug-likeness (QED) is 0.840. The number of H-pyrrole nitrogens is 1. The number of esters is 1. The fourth-order valence-electron chi connectivity index (χ4n) is 2.15. The zero-order valence-electron chi connectivity index (χ0n) is 11.4. The van der Waals surface area contributed by atoms with Gasteiger partial charge < -0.3 is 14.2 Å². The van der Waals surface area contributed by atoms with E-state index in [2.05, 4.69) is 10.2 Å². The van der Waals surface area contributed by atoms with E-state index in [1.165, 1.54) is 13.0 Å². The lowest BCUT2D eigenvalue weighted by Gasteiger charge is -2.26. The zero-order valence-corrected chi connectivity index (χ0v) is 11.4. The molecule has 0 bridgehead atoms. The van der Waals surface area contributed by atoms with Crippen molar-refractivity contribution in [1.29, 1.82) is 0 Å². The Hall–Kier alpha value is -2.83. The molecule has 0 radical (unpaired) electrons. The predicted molar refractivity (Wildman–Crippen MR) is 72.0 cm³/mol. The lowest BCUT2D eigenvalue weighted by molar-refractivity contribution is -0.162. The number of nitrogens with one attached hydrogen (secondary N) is 1. The highest BCUT2D eigenvalue weighted by atomic mass is 16.7. The molecular weight excluding hydrogens is 276 g/mol. The molecule has 1 aromatic carbocycles. The van der Waals surface area contributed by atoms with Crippen molar-refractivity contribution in [2.24, 2.45) is 0 Å². The number of hydrogen-bond donors (Lipinski definition) is 1. The highest BCUT2D eigenvalue weighted by molar-refractivity contribution is 5.74. The molecule has 3 rings (SSSR count). The van der Waals surface area contributed by atoms with Gasteiger partial charge in [-0.3, -0.25) is 9.59 Å². The van der Waals surface area contributed by atoms with Crippen LogP contribution in [0.15, 0.2) is 29.1 Å². The summed E-state index contributed by atoms with van der Waals surface area (Å²) in [7, 11) is 1.55. The molecule has 1 aliphatic rings. The van der Waals surface area contributed by atoms with Crippen LogP contribution in [0.3, 0.4) is 0 Å². The number of hydrogen-bond acceptors (Lipinski definition) is 6. The number of methoxy groups -OCH3 is 1. The Balaban J connectivity index is 2.18. The van der Waals surface area contributed by atoms with E-state index >= 15 is 0 Å². The van der Waals surface area contributed by atoms with Crippen LogP contribution in [0.5, 0.6) is 11.5 Å². The van der Waals surface area contributed by atoms with Gasteiger partial charge in [0, 0.05) is 18.6 Å². The number of benzene rings is 1. The molecule has 0 saturated heterocycles. The summed E-state index contributed by atoms with van der Waals surface area (Å²) in [6, 6.07) is 6.46. The minimum absolute atomic E-state index is 0.398. The number of ether oxygens (including phenoxy) is 3. The first-order chi connectivity index (χ1) is 10.1. The summed E-state index contributed by atoms with van der Waals surface area (Å²) < 4.78 is 15.9. The van der Waals surface area contributed by atoms with E-state index < -0.39 is 17.8 Å². The fraction of sp³-hybridized carbons (Fsp3) is 0.214. The maximum absolute atomic E-state index is 11.5. The SMILES string of the molecule is COc1ccc2c(c1)-c1n[nH]c(=O)cc1C(OC(C)=O)O2. The molecule has 1 aliphatic heterocycles. The molecule has 21 heavy (non-hydrogen) atoms. The van der Waals surface area contributed by atoms with E-state index in [4.69, 9.17) is 14.2 Å². The Kier molecular flexibility index (Phi) is 3.09. The monoisotopic (exact) mass is 288 g/mol. The number of carbonyl (C=O) groups excluding carboxylic acids is 1. The Labute approximate surface area is 119 Å². The van der Waals surface area contributed by atoms with Crippen LogP contribution in [0.25, 0.3) is 11.3 Å². The fourth-order valence-corrected chi connectivity index (χ4v) is 2.15. The first kappa shape index (κ1) is 13.2. The van der Waals surface area contributed by atoms with E-state index in [0.717, 1.165) is 0 Å². The third kappa shape index (κ3) is 2.33. The van der Waals surface area contributed by atoms with Crippen LogP contribution in [0, 0.1) is 0 Å². The number of nitrogens with zero attached hydrogens (tertiary/aromatic N) is 1. The standard InChI is InChI=1S/C14H12N2O5/c1-7(17)20-14-10-6-12(18)15-16-13(10)9-5-8(19-2)3-4-11(9)21-14/h3-6,14H,1-2H3,(H,15,18). The first-order valence-electron chi connectivity index (χ1n) is 6.20. The Morgan fingerprint density at radius 2 is 2.19 bits per heavy atom. The van der Waals surface area contributed by atoms with Crippen LogP contribution in [-0.4, -0.2) is 23.3 Å². The Morgan fingerprint density at radius 3 is 2.90 bits per heavy atom. The summed E-state index contributed by atoms with van der Waals surface area (Å²) in [5, 5.41) is 6.40. The summed E-state index contributed by atoms with van der Waals surface area (Å²) in [5.74, 6) is 0.611. The summed E-state index contributed by atoms with van der Waals surface area (Å²) in [5.41, 5.74) is 1.14. The average molecular weight is 288 g/mol. The Morgan fingerprint density at radius 1 is 1.38 bits per heavy atom. The van der Waals surface area contributed by atoms with Crippen LogP contribution in [-0.2, 0) is 9.53 Å². The first-order valence-corrected chi connectivity index (χ1v) is 6.20. The van der Waals surface area contributed by atoms with Gasteiger partial charge in [0.05, 0.1) is 12.7 Å². The van der Waals surface area contributed by atoms with Gasteiger partial charge in [-0.2, -0.15) is 5.10 Å². The number of aromatic amines is 1. The van der Waals surface area contributed by atoms with E-state index in [-0.39, 0.29) is 0 Å². The molecule has 1 N–H and O–H groups in total. The lowest BCUT2D eigenvalue weighted by Crippen LogP contribution is -2.23. The smallest absolute Gasteiger partial charge is 0.305 e. The van der Waals surface area contributed by atoms with E-state index in [1.54, 1.807) is 25.3 Å². The van der Waals surface area contributed by atoms with Crippen molar-refractivity contribution < 1.29 is 19.0 Å². The third-order valence-corrected chi connectivity index (χ3v) is 3.04. The van der Waals surface area contributed by atoms with Gasteiger partial charge in [-0.05, 0) is 18.2 Å². The molecule has 7 heteroatoms. The highest BCUT2D eigenvalue weighted by Crippen LogP contribution is 2.42. The maximum Gasteiger partial charge on any atom is 0.305 e. The molecule has 1 aromatic heterocycles. The topological polar surface area (TPSA) is 90.5 Å². The minimum Gasteiger partial charge on any atom is -0.497 e. The van der Waals surface area contributed by atoms with E-state index in [9.17, 15) is 9.59 Å². The van der Waals surface area contributed by atoms with Crippen LogP contribution >= 0.6 is 0 Å².